The molecule has 0 bridgehead atoms. The van der Waals surface area contributed by atoms with Gasteiger partial charge in [-0.25, -0.2) is 0 Å². The summed E-state index contributed by atoms with van der Waals surface area (Å²) in [6, 6.07) is 15.2. The Bertz CT molecular complexity index is 1080. The van der Waals surface area contributed by atoms with Gasteiger partial charge in [-0.05, 0) is 49.1 Å². The number of rotatable bonds is 7. The highest BCUT2D eigenvalue weighted by atomic mass is 32.2. The Morgan fingerprint density at radius 3 is 2.82 bits per heavy atom. The van der Waals surface area contributed by atoms with Crippen molar-refractivity contribution in [1.29, 1.82) is 0 Å². The predicted molar refractivity (Wildman–Crippen MR) is 107 cm³/mol. The van der Waals surface area contributed by atoms with E-state index in [2.05, 4.69) is 15.3 Å². The van der Waals surface area contributed by atoms with Gasteiger partial charge in [-0.15, -0.1) is 10.2 Å². The van der Waals surface area contributed by atoms with Gasteiger partial charge in [0.1, 0.15) is 23.9 Å². The van der Waals surface area contributed by atoms with Crippen molar-refractivity contribution in [3.05, 3.63) is 71.9 Å². The minimum atomic E-state index is 0.346. The molecule has 0 aliphatic rings. The fourth-order valence-electron chi connectivity index (χ4n) is 2.58. The molecular formula is C20H18N4O3S. The second kappa shape index (κ2) is 8.18. The molecule has 28 heavy (non-hydrogen) atoms. The quantitative estimate of drug-likeness (QED) is 0.336. The summed E-state index contributed by atoms with van der Waals surface area (Å²) in [5, 5.41) is 13.4. The smallest absolute Gasteiger partial charge is 0.221 e. The van der Waals surface area contributed by atoms with Gasteiger partial charge in [0, 0.05) is 0 Å². The Kier molecular flexibility index (Phi) is 5.29. The average molecular weight is 394 g/mol. The van der Waals surface area contributed by atoms with E-state index in [0.717, 1.165) is 11.3 Å². The number of para-hydroxylation sites is 1. The first kappa shape index (κ1) is 18.1. The lowest BCUT2D eigenvalue weighted by Crippen LogP contribution is -1.96. The van der Waals surface area contributed by atoms with Crippen molar-refractivity contribution in [2.45, 2.75) is 18.7 Å². The molecule has 0 saturated heterocycles. The van der Waals surface area contributed by atoms with Gasteiger partial charge in [-0.3, -0.25) is 0 Å². The van der Waals surface area contributed by atoms with Crippen LogP contribution in [0, 0.1) is 6.92 Å². The first-order valence-electron chi connectivity index (χ1n) is 8.59. The minimum Gasteiger partial charge on any atom is -0.485 e. The lowest BCUT2D eigenvalue weighted by atomic mass is 10.2. The molecule has 0 spiro atoms. The van der Waals surface area contributed by atoms with Crippen LogP contribution in [0.1, 0.15) is 17.1 Å². The van der Waals surface area contributed by atoms with Crippen LogP contribution < -0.4 is 4.74 Å². The topological polar surface area (TPSA) is 78.6 Å². The molecule has 0 amide bonds. The highest BCUT2D eigenvalue weighted by Gasteiger charge is 2.15. The van der Waals surface area contributed by atoms with Crippen LogP contribution >= 0.6 is 11.8 Å². The van der Waals surface area contributed by atoms with Gasteiger partial charge in [0.05, 0.1) is 12.5 Å². The van der Waals surface area contributed by atoms with Crippen molar-refractivity contribution in [1.82, 2.24) is 14.9 Å². The zero-order valence-corrected chi connectivity index (χ0v) is 16.2. The lowest BCUT2D eigenvalue weighted by Gasteiger charge is -2.06. The Labute approximate surface area is 166 Å². The second-order valence-corrected chi connectivity index (χ2v) is 6.68. The van der Waals surface area contributed by atoms with E-state index in [9.17, 15) is 0 Å². The van der Waals surface area contributed by atoms with Crippen LogP contribution in [0.15, 0.2) is 73.9 Å². The van der Waals surface area contributed by atoms with E-state index in [1.165, 1.54) is 11.8 Å². The molecule has 1 aromatic carbocycles. The largest absolute Gasteiger partial charge is 0.485 e. The van der Waals surface area contributed by atoms with Gasteiger partial charge >= 0.3 is 0 Å². The molecule has 142 valence electrons. The standard InChI is InChI=1S/C20H18N4O3S/c1-14-6-3-4-7-17(14)26-13-16-10-9-15(27-16)12-21-24-19(18-8-5-11-25-18)22-23-20(24)28-2/h3-12H,13H2,1-2H3/b21-12+. The molecule has 3 heterocycles. The monoisotopic (exact) mass is 394 g/mol. The van der Waals surface area contributed by atoms with E-state index in [1.807, 2.05) is 55.6 Å². The van der Waals surface area contributed by atoms with Crippen LogP contribution in [0.2, 0.25) is 0 Å². The molecule has 0 saturated carbocycles. The number of thioether (sulfide) groups is 1. The van der Waals surface area contributed by atoms with E-state index in [0.29, 0.717) is 34.9 Å². The van der Waals surface area contributed by atoms with Crippen molar-refractivity contribution in [3.63, 3.8) is 0 Å². The SMILES string of the molecule is CSc1nnc(-c2ccco2)n1/N=C/c1ccc(COc2ccccc2C)o1. The molecule has 0 aliphatic heterocycles. The summed E-state index contributed by atoms with van der Waals surface area (Å²) in [6.07, 6.45) is 5.12. The van der Waals surface area contributed by atoms with Crippen LogP contribution in [0.3, 0.4) is 0 Å². The summed E-state index contributed by atoms with van der Waals surface area (Å²) < 4.78 is 18.6. The van der Waals surface area contributed by atoms with E-state index in [-0.39, 0.29) is 0 Å². The summed E-state index contributed by atoms with van der Waals surface area (Å²) >= 11 is 1.44. The van der Waals surface area contributed by atoms with E-state index < -0.39 is 0 Å². The zero-order chi connectivity index (χ0) is 19.3. The highest BCUT2D eigenvalue weighted by molar-refractivity contribution is 7.98. The van der Waals surface area contributed by atoms with Crippen LogP contribution in [-0.2, 0) is 6.61 Å². The van der Waals surface area contributed by atoms with Crippen molar-refractivity contribution >= 4 is 18.0 Å². The molecular weight excluding hydrogens is 376 g/mol. The van der Waals surface area contributed by atoms with Crippen molar-refractivity contribution in [2.24, 2.45) is 5.10 Å². The lowest BCUT2D eigenvalue weighted by molar-refractivity contribution is 0.268. The third-order valence-corrected chi connectivity index (χ3v) is 4.60. The number of aromatic nitrogens is 3. The number of benzene rings is 1. The average Bonchev–Trinajstić information content (AvgIpc) is 3.45. The first-order valence-corrected chi connectivity index (χ1v) is 9.82. The maximum absolute atomic E-state index is 5.81. The van der Waals surface area contributed by atoms with Crippen LogP contribution in [-0.4, -0.2) is 27.3 Å². The van der Waals surface area contributed by atoms with Gasteiger partial charge in [0.25, 0.3) is 0 Å². The summed E-state index contributed by atoms with van der Waals surface area (Å²) in [6.45, 7) is 2.35. The first-order chi connectivity index (χ1) is 13.7. The number of aryl methyl sites for hydroxylation is 1. The molecule has 7 nitrogen and oxygen atoms in total. The maximum Gasteiger partial charge on any atom is 0.221 e. The fraction of sp³-hybridized carbons (Fsp3) is 0.150. The van der Waals surface area contributed by atoms with Gasteiger partial charge < -0.3 is 13.6 Å². The Hall–Kier alpha value is -3.26. The normalized spacial score (nSPS) is 11.4. The van der Waals surface area contributed by atoms with Gasteiger partial charge in [-0.2, -0.15) is 9.78 Å². The van der Waals surface area contributed by atoms with Crippen LogP contribution in [0.25, 0.3) is 11.6 Å². The second-order valence-electron chi connectivity index (χ2n) is 5.90. The number of nitrogens with zero attached hydrogens (tertiary/aromatic N) is 4. The van der Waals surface area contributed by atoms with Gasteiger partial charge in [0.15, 0.2) is 5.76 Å². The molecule has 0 N–H and O–H groups in total. The summed E-state index contributed by atoms with van der Waals surface area (Å²) in [5.74, 6) is 3.28. The van der Waals surface area contributed by atoms with Crippen LogP contribution in [0.5, 0.6) is 5.75 Å². The zero-order valence-electron chi connectivity index (χ0n) is 15.4. The summed E-state index contributed by atoms with van der Waals surface area (Å²) in [5.41, 5.74) is 1.08. The number of ether oxygens (including phenoxy) is 1. The van der Waals surface area contributed by atoms with Gasteiger partial charge in [-0.1, -0.05) is 30.0 Å². The molecule has 4 aromatic rings. The molecule has 4 rings (SSSR count). The summed E-state index contributed by atoms with van der Waals surface area (Å²) in [7, 11) is 0. The minimum absolute atomic E-state index is 0.346. The maximum atomic E-state index is 5.81. The third kappa shape index (κ3) is 3.86. The van der Waals surface area contributed by atoms with E-state index >= 15 is 0 Å². The third-order valence-electron chi connectivity index (χ3n) is 3.98. The Balaban J connectivity index is 1.49. The fourth-order valence-corrected chi connectivity index (χ4v) is 3.01. The molecule has 0 radical (unpaired) electrons. The predicted octanol–water partition coefficient (Wildman–Crippen LogP) is 4.62. The number of hydrogen-bond donors (Lipinski definition) is 0. The van der Waals surface area contributed by atoms with Gasteiger partial charge in [0.2, 0.25) is 11.0 Å². The molecule has 0 unspecified atom stereocenters. The molecule has 3 aromatic heterocycles. The number of hydrogen-bond acceptors (Lipinski definition) is 7. The Morgan fingerprint density at radius 2 is 2.04 bits per heavy atom. The molecule has 0 fully saturated rings. The van der Waals surface area contributed by atoms with Crippen LogP contribution in [0.4, 0.5) is 0 Å². The molecule has 0 atom stereocenters. The van der Waals surface area contributed by atoms with Crippen molar-refractivity contribution in [3.8, 4) is 17.3 Å². The van der Waals surface area contributed by atoms with E-state index in [4.69, 9.17) is 13.6 Å². The Morgan fingerprint density at radius 1 is 1.14 bits per heavy atom. The van der Waals surface area contributed by atoms with Crippen molar-refractivity contribution in [2.75, 3.05) is 6.26 Å². The van der Waals surface area contributed by atoms with Crippen molar-refractivity contribution < 1.29 is 13.6 Å². The molecule has 0 aliphatic carbocycles. The molecule has 8 heteroatoms. The highest BCUT2D eigenvalue weighted by Crippen LogP contribution is 2.23. The number of furan rings is 2. The van der Waals surface area contributed by atoms with E-state index in [1.54, 1.807) is 23.2 Å². The summed E-state index contributed by atoms with van der Waals surface area (Å²) in [4.78, 5) is 0.